The van der Waals surface area contributed by atoms with Gasteiger partial charge >= 0.3 is 0 Å². The van der Waals surface area contributed by atoms with Crippen molar-refractivity contribution in [1.82, 2.24) is 9.88 Å². The Morgan fingerprint density at radius 2 is 2.00 bits per heavy atom. The molecule has 2 atom stereocenters. The van der Waals surface area contributed by atoms with E-state index in [9.17, 15) is 0 Å². The molecule has 1 aliphatic heterocycles. The maximum absolute atomic E-state index is 6.22. The van der Waals surface area contributed by atoms with Crippen LogP contribution >= 0.6 is 11.6 Å². The molecule has 4 nitrogen and oxygen atoms in total. The van der Waals surface area contributed by atoms with Gasteiger partial charge < -0.3 is 15.0 Å². The molecular formula is C24H30ClN3O. The van der Waals surface area contributed by atoms with Crippen molar-refractivity contribution >= 4 is 39.1 Å². The number of hydrogen-bond donors (Lipinski definition) is 1. The van der Waals surface area contributed by atoms with Crippen LogP contribution in [-0.4, -0.2) is 42.7 Å². The van der Waals surface area contributed by atoms with Gasteiger partial charge in [-0.25, -0.2) is 4.98 Å². The van der Waals surface area contributed by atoms with Crippen molar-refractivity contribution in [2.24, 2.45) is 5.92 Å². The van der Waals surface area contributed by atoms with Crippen molar-refractivity contribution < 1.29 is 4.74 Å². The molecule has 1 fully saturated rings. The van der Waals surface area contributed by atoms with Crippen molar-refractivity contribution in [3.05, 3.63) is 41.4 Å². The van der Waals surface area contributed by atoms with Gasteiger partial charge in [0.1, 0.15) is 5.75 Å². The number of aromatic nitrogens is 1. The average molecular weight is 412 g/mol. The van der Waals surface area contributed by atoms with Crippen LogP contribution in [0.15, 0.2) is 36.4 Å². The van der Waals surface area contributed by atoms with E-state index in [0.29, 0.717) is 11.1 Å². The molecule has 1 N–H and O–H groups in total. The maximum Gasteiger partial charge on any atom is 0.119 e. The smallest absolute Gasteiger partial charge is 0.119 e. The van der Waals surface area contributed by atoms with E-state index in [1.165, 1.54) is 19.4 Å². The van der Waals surface area contributed by atoms with E-state index < -0.39 is 0 Å². The summed E-state index contributed by atoms with van der Waals surface area (Å²) in [4.78, 5) is 7.45. The lowest BCUT2D eigenvalue weighted by Gasteiger charge is -2.38. The second kappa shape index (κ2) is 8.76. The Balaban J connectivity index is 1.57. The Kier molecular flexibility index (Phi) is 6.12. The molecule has 29 heavy (non-hydrogen) atoms. The van der Waals surface area contributed by atoms with Gasteiger partial charge in [-0.1, -0.05) is 18.5 Å². The minimum atomic E-state index is 0.678. The SMILES string of the molecule is COc1ccc2nc3cc(Cl)ccc3c(NCCCN3CCCC(C)C3C)c2c1. The number of ether oxygens (including phenoxy) is 1. The number of piperidine rings is 1. The van der Waals surface area contributed by atoms with Crippen LogP contribution in [-0.2, 0) is 0 Å². The molecule has 1 aliphatic rings. The normalized spacial score (nSPS) is 20.3. The van der Waals surface area contributed by atoms with E-state index in [-0.39, 0.29) is 0 Å². The fourth-order valence-corrected chi connectivity index (χ4v) is 4.61. The molecule has 0 amide bonds. The summed E-state index contributed by atoms with van der Waals surface area (Å²) in [6.07, 6.45) is 3.79. The third-order valence-corrected chi connectivity index (χ3v) is 6.61. The summed E-state index contributed by atoms with van der Waals surface area (Å²) in [5.41, 5.74) is 2.97. The van der Waals surface area contributed by atoms with Crippen LogP contribution in [0.5, 0.6) is 5.75 Å². The van der Waals surface area contributed by atoms with Crippen LogP contribution in [0.2, 0.25) is 5.02 Å². The first-order valence-corrected chi connectivity index (χ1v) is 11.0. The second-order valence-corrected chi connectivity index (χ2v) is 8.64. The number of nitrogens with zero attached hydrogens (tertiary/aromatic N) is 2. The van der Waals surface area contributed by atoms with Crippen molar-refractivity contribution in [1.29, 1.82) is 0 Å². The summed E-state index contributed by atoms with van der Waals surface area (Å²) < 4.78 is 5.45. The molecule has 0 saturated carbocycles. The first kappa shape index (κ1) is 20.2. The summed E-state index contributed by atoms with van der Waals surface area (Å²) in [7, 11) is 1.70. The third kappa shape index (κ3) is 4.29. The molecule has 0 spiro atoms. The second-order valence-electron chi connectivity index (χ2n) is 8.21. The number of hydrogen-bond acceptors (Lipinski definition) is 4. The van der Waals surface area contributed by atoms with Gasteiger partial charge in [0.05, 0.1) is 23.8 Å². The number of halogens is 1. The lowest BCUT2D eigenvalue weighted by atomic mass is 9.92. The van der Waals surface area contributed by atoms with Crippen LogP contribution in [0.4, 0.5) is 5.69 Å². The standard InChI is InChI=1S/C24H30ClN3O/c1-16-6-4-12-28(17(16)2)13-5-11-26-24-20-9-7-18(25)14-23(20)27-22-10-8-19(29-3)15-21(22)24/h7-10,14-17H,4-6,11-13H2,1-3H3,(H,26,27). The highest BCUT2D eigenvalue weighted by atomic mass is 35.5. The van der Waals surface area contributed by atoms with E-state index in [1.54, 1.807) is 7.11 Å². The van der Waals surface area contributed by atoms with Gasteiger partial charge in [-0.2, -0.15) is 0 Å². The van der Waals surface area contributed by atoms with Crippen molar-refractivity contribution in [2.75, 3.05) is 32.1 Å². The summed E-state index contributed by atoms with van der Waals surface area (Å²) in [6, 6.07) is 12.6. The molecule has 2 unspecified atom stereocenters. The van der Waals surface area contributed by atoms with Crippen LogP contribution < -0.4 is 10.1 Å². The van der Waals surface area contributed by atoms with E-state index in [1.807, 2.05) is 24.3 Å². The van der Waals surface area contributed by atoms with Gasteiger partial charge in [0.25, 0.3) is 0 Å². The Morgan fingerprint density at radius 3 is 2.83 bits per heavy atom. The topological polar surface area (TPSA) is 37.4 Å². The molecule has 0 aliphatic carbocycles. The lowest BCUT2D eigenvalue weighted by molar-refractivity contribution is 0.114. The minimum Gasteiger partial charge on any atom is -0.497 e. The summed E-state index contributed by atoms with van der Waals surface area (Å²) in [6.45, 7) is 8.03. The number of pyridine rings is 1. The molecule has 3 aromatic rings. The quantitative estimate of drug-likeness (QED) is 0.400. The Labute approximate surface area is 178 Å². The fraction of sp³-hybridized carbons (Fsp3) is 0.458. The molecular weight excluding hydrogens is 382 g/mol. The highest BCUT2D eigenvalue weighted by molar-refractivity contribution is 6.31. The number of likely N-dealkylation sites (tertiary alicyclic amines) is 1. The van der Waals surface area contributed by atoms with E-state index in [2.05, 4.69) is 36.2 Å². The molecule has 154 valence electrons. The number of methoxy groups -OCH3 is 1. The monoisotopic (exact) mass is 411 g/mol. The summed E-state index contributed by atoms with van der Waals surface area (Å²) in [5, 5.41) is 6.58. The van der Waals surface area contributed by atoms with Gasteiger partial charge in [-0.15, -0.1) is 0 Å². The van der Waals surface area contributed by atoms with Crippen LogP contribution in [0.25, 0.3) is 21.8 Å². The number of nitrogens with one attached hydrogen (secondary N) is 1. The lowest BCUT2D eigenvalue weighted by Crippen LogP contribution is -2.43. The Bertz CT molecular complexity index is 1010. The van der Waals surface area contributed by atoms with Crippen molar-refractivity contribution in [3.63, 3.8) is 0 Å². The first-order valence-electron chi connectivity index (χ1n) is 10.6. The predicted molar refractivity (Wildman–Crippen MR) is 123 cm³/mol. The number of fused-ring (bicyclic) bond motifs is 2. The predicted octanol–water partition coefficient (Wildman–Crippen LogP) is 5.97. The van der Waals surface area contributed by atoms with Gasteiger partial charge in [0.2, 0.25) is 0 Å². The first-order chi connectivity index (χ1) is 14.1. The van der Waals surface area contributed by atoms with Crippen LogP contribution in [0.3, 0.4) is 0 Å². The molecule has 4 rings (SSSR count). The van der Waals surface area contributed by atoms with E-state index >= 15 is 0 Å². The van der Waals surface area contributed by atoms with Gasteiger partial charge in [0, 0.05) is 34.9 Å². The number of benzene rings is 2. The van der Waals surface area contributed by atoms with Gasteiger partial charge in [-0.05, 0) is 75.0 Å². The molecule has 1 saturated heterocycles. The molecule has 0 bridgehead atoms. The van der Waals surface area contributed by atoms with Crippen LogP contribution in [0, 0.1) is 5.92 Å². The minimum absolute atomic E-state index is 0.678. The molecule has 1 aromatic heterocycles. The number of rotatable bonds is 6. The van der Waals surface area contributed by atoms with Crippen LogP contribution in [0.1, 0.15) is 33.1 Å². The zero-order valence-electron chi connectivity index (χ0n) is 17.5. The van der Waals surface area contributed by atoms with Gasteiger partial charge in [-0.3, -0.25) is 0 Å². The molecule has 0 radical (unpaired) electrons. The van der Waals surface area contributed by atoms with E-state index in [4.69, 9.17) is 21.3 Å². The molecule has 2 aromatic carbocycles. The third-order valence-electron chi connectivity index (χ3n) is 6.37. The largest absolute Gasteiger partial charge is 0.497 e. The highest BCUT2D eigenvalue weighted by Crippen LogP contribution is 2.34. The average Bonchev–Trinajstić information content (AvgIpc) is 2.72. The zero-order valence-corrected chi connectivity index (χ0v) is 18.3. The zero-order chi connectivity index (χ0) is 20.4. The van der Waals surface area contributed by atoms with E-state index in [0.717, 1.165) is 58.7 Å². The molecule has 5 heteroatoms. The van der Waals surface area contributed by atoms with Crippen molar-refractivity contribution in [3.8, 4) is 5.75 Å². The maximum atomic E-state index is 6.22. The summed E-state index contributed by atoms with van der Waals surface area (Å²) in [5.74, 6) is 1.63. The Hall–Kier alpha value is -2.04. The van der Waals surface area contributed by atoms with Gasteiger partial charge in [0.15, 0.2) is 0 Å². The molecule has 2 heterocycles. The fourth-order valence-electron chi connectivity index (χ4n) is 4.45. The highest BCUT2D eigenvalue weighted by Gasteiger charge is 2.23. The van der Waals surface area contributed by atoms with Crippen molar-refractivity contribution in [2.45, 2.75) is 39.2 Å². The summed E-state index contributed by atoms with van der Waals surface area (Å²) >= 11 is 6.22. The number of anilines is 1. The Morgan fingerprint density at radius 1 is 1.14 bits per heavy atom.